The van der Waals surface area contributed by atoms with Crippen molar-refractivity contribution in [1.29, 1.82) is 0 Å². The molecule has 3 aromatic rings. The number of amides is 1. The Morgan fingerprint density at radius 3 is 2.75 bits per heavy atom. The molecule has 1 aromatic heterocycles. The summed E-state index contributed by atoms with van der Waals surface area (Å²) in [6, 6.07) is 16.7. The molecule has 2 N–H and O–H groups in total. The monoisotopic (exact) mass is 414 g/mol. The molecule has 144 valence electrons. The molecule has 1 heterocycles. The Bertz CT molecular complexity index is 955. The topological polar surface area (TPSA) is 76.1 Å². The lowest BCUT2D eigenvalue weighted by atomic mass is 10.2. The number of ether oxygens (including phenoxy) is 1. The largest absolute Gasteiger partial charge is 0.495 e. The van der Waals surface area contributed by atoms with Crippen LogP contribution in [0.25, 0.3) is 0 Å². The summed E-state index contributed by atoms with van der Waals surface area (Å²) in [4.78, 5) is 20.6. The molecule has 2 aromatic carbocycles. The number of anilines is 2. The van der Waals surface area contributed by atoms with E-state index in [-0.39, 0.29) is 11.7 Å². The van der Waals surface area contributed by atoms with E-state index in [2.05, 4.69) is 20.6 Å². The second kappa shape index (κ2) is 9.96. The summed E-state index contributed by atoms with van der Waals surface area (Å²) in [6.07, 6.45) is 1.47. The van der Waals surface area contributed by atoms with E-state index in [9.17, 15) is 4.79 Å². The Balaban J connectivity index is 1.54. The molecule has 0 aliphatic heterocycles. The summed E-state index contributed by atoms with van der Waals surface area (Å²) in [7, 11) is 1.57. The minimum Gasteiger partial charge on any atom is -0.495 e. The van der Waals surface area contributed by atoms with Crippen LogP contribution in [0, 0.1) is 0 Å². The first-order chi connectivity index (χ1) is 13.7. The van der Waals surface area contributed by atoms with Gasteiger partial charge < -0.3 is 15.4 Å². The molecule has 0 fully saturated rings. The van der Waals surface area contributed by atoms with E-state index in [1.807, 2.05) is 36.4 Å². The molecule has 8 heteroatoms. The van der Waals surface area contributed by atoms with Gasteiger partial charge in [-0.2, -0.15) is 0 Å². The van der Waals surface area contributed by atoms with Gasteiger partial charge in [-0.05, 0) is 23.8 Å². The molecule has 28 heavy (non-hydrogen) atoms. The molecular weight excluding hydrogens is 396 g/mol. The molecule has 0 aliphatic rings. The van der Waals surface area contributed by atoms with Gasteiger partial charge in [0.25, 0.3) is 0 Å². The molecule has 6 nitrogen and oxygen atoms in total. The van der Waals surface area contributed by atoms with Crippen LogP contribution in [0.3, 0.4) is 0 Å². The Hall–Kier alpha value is -2.77. The normalized spacial score (nSPS) is 10.4. The molecule has 0 unspecified atom stereocenters. The number of nitrogens with one attached hydrogen (secondary N) is 2. The maximum atomic E-state index is 12.2. The van der Waals surface area contributed by atoms with Crippen molar-refractivity contribution in [3.05, 3.63) is 71.5 Å². The van der Waals surface area contributed by atoms with Crippen LogP contribution in [0.2, 0.25) is 5.02 Å². The second-order valence-electron chi connectivity index (χ2n) is 5.72. The zero-order valence-electron chi connectivity index (χ0n) is 15.2. The lowest BCUT2D eigenvalue weighted by Crippen LogP contribution is -2.14. The number of halogens is 1. The van der Waals surface area contributed by atoms with Gasteiger partial charge in [-0.15, -0.1) is 0 Å². The third kappa shape index (κ3) is 5.61. The molecular formula is C20H19ClN4O2S. The van der Waals surface area contributed by atoms with E-state index < -0.39 is 0 Å². The van der Waals surface area contributed by atoms with Crippen molar-refractivity contribution < 1.29 is 9.53 Å². The highest BCUT2D eigenvalue weighted by atomic mass is 35.5. The quantitative estimate of drug-likeness (QED) is 0.418. The molecule has 0 aliphatic carbocycles. The minimum atomic E-state index is -0.140. The number of para-hydroxylation sites is 2. The molecule has 0 radical (unpaired) electrons. The smallest absolute Gasteiger partial charge is 0.234 e. The zero-order chi connectivity index (χ0) is 19.8. The Labute approximate surface area is 172 Å². The number of benzene rings is 2. The first-order valence-electron chi connectivity index (χ1n) is 8.50. The minimum absolute atomic E-state index is 0.140. The van der Waals surface area contributed by atoms with Crippen LogP contribution in [-0.2, 0) is 11.3 Å². The van der Waals surface area contributed by atoms with Crippen molar-refractivity contribution >= 4 is 40.8 Å². The number of nitrogens with zero attached hydrogens (tertiary/aromatic N) is 2. The number of thioether (sulfide) groups is 1. The van der Waals surface area contributed by atoms with Gasteiger partial charge in [0.05, 0.1) is 18.6 Å². The van der Waals surface area contributed by atoms with E-state index in [0.717, 1.165) is 5.56 Å². The van der Waals surface area contributed by atoms with E-state index in [1.54, 1.807) is 25.3 Å². The van der Waals surface area contributed by atoms with Crippen molar-refractivity contribution in [2.45, 2.75) is 11.6 Å². The molecule has 0 saturated carbocycles. The van der Waals surface area contributed by atoms with E-state index in [0.29, 0.717) is 33.8 Å². The zero-order valence-corrected chi connectivity index (χ0v) is 16.8. The number of methoxy groups -OCH3 is 1. The number of hydrogen-bond donors (Lipinski definition) is 2. The summed E-state index contributed by atoms with van der Waals surface area (Å²) in [5.41, 5.74) is 1.62. The number of aromatic nitrogens is 2. The van der Waals surface area contributed by atoms with Crippen LogP contribution in [0.1, 0.15) is 5.56 Å². The predicted molar refractivity (Wildman–Crippen MR) is 113 cm³/mol. The van der Waals surface area contributed by atoms with Crippen molar-refractivity contribution in [3.63, 3.8) is 0 Å². The third-order valence-corrected chi connectivity index (χ3v) is 5.09. The summed E-state index contributed by atoms with van der Waals surface area (Å²) >= 11 is 7.49. The third-order valence-electron chi connectivity index (χ3n) is 3.79. The van der Waals surface area contributed by atoms with Crippen LogP contribution >= 0.6 is 23.4 Å². The van der Waals surface area contributed by atoms with Crippen LogP contribution in [-0.4, -0.2) is 28.7 Å². The van der Waals surface area contributed by atoms with Crippen molar-refractivity contribution in [1.82, 2.24) is 9.97 Å². The number of hydrogen-bond acceptors (Lipinski definition) is 6. The van der Waals surface area contributed by atoms with Gasteiger partial charge in [0, 0.05) is 17.6 Å². The Kier molecular flexibility index (Phi) is 7.11. The van der Waals surface area contributed by atoms with E-state index in [4.69, 9.17) is 16.3 Å². The fourth-order valence-corrected chi connectivity index (χ4v) is 3.29. The number of rotatable bonds is 8. The lowest BCUT2D eigenvalue weighted by Gasteiger charge is -2.10. The van der Waals surface area contributed by atoms with E-state index in [1.165, 1.54) is 18.1 Å². The van der Waals surface area contributed by atoms with Gasteiger partial charge in [0.1, 0.15) is 22.9 Å². The average Bonchev–Trinajstić information content (AvgIpc) is 2.72. The van der Waals surface area contributed by atoms with Gasteiger partial charge in [0.2, 0.25) is 5.91 Å². The van der Waals surface area contributed by atoms with Gasteiger partial charge in [-0.25, -0.2) is 9.97 Å². The molecule has 1 amide bonds. The first kappa shape index (κ1) is 20.0. The molecule has 0 spiro atoms. The van der Waals surface area contributed by atoms with Crippen molar-refractivity contribution in [2.24, 2.45) is 0 Å². The Morgan fingerprint density at radius 2 is 1.93 bits per heavy atom. The maximum absolute atomic E-state index is 12.2. The maximum Gasteiger partial charge on any atom is 0.234 e. The van der Waals surface area contributed by atoms with E-state index >= 15 is 0 Å². The Morgan fingerprint density at radius 1 is 1.14 bits per heavy atom. The number of carbonyl (C=O) groups excluding carboxylic acids is 1. The SMILES string of the molecule is COc1ccccc1NC(=O)CSc1cc(NCc2ccccc2Cl)ncn1. The summed E-state index contributed by atoms with van der Waals surface area (Å²) < 4.78 is 5.24. The fraction of sp³-hybridized carbons (Fsp3) is 0.150. The van der Waals surface area contributed by atoms with Gasteiger partial charge in [-0.3, -0.25) is 4.79 Å². The van der Waals surface area contributed by atoms with Crippen LogP contribution < -0.4 is 15.4 Å². The highest BCUT2D eigenvalue weighted by molar-refractivity contribution is 7.99. The van der Waals surface area contributed by atoms with Crippen LogP contribution in [0.15, 0.2) is 66.0 Å². The van der Waals surface area contributed by atoms with Crippen molar-refractivity contribution in [3.8, 4) is 5.75 Å². The lowest BCUT2D eigenvalue weighted by molar-refractivity contribution is -0.113. The first-order valence-corrected chi connectivity index (χ1v) is 9.87. The fourth-order valence-electron chi connectivity index (χ4n) is 2.42. The number of carbonyl (C=O) groups is 1. The molecule has 0 atom stereocenters. The molecule has 0 saturated heterocycles. The van der Waals surface area contributed by atoms with Crippen LogP contribution in [0.4, 0.5) is 11.5 Å². The molecule has 0 bridgehead atoms. The van der Waals surface area contributed by atoms with Gasteiger partial charge >= 0.3 is 0 Å². The predicted octanol–water partition coefficient (Wildman–Crippen LogP) is 4.48. The molecule has 3 rings (SSSR count). The van der Waals surface area contributed by atoms with Gasteiger partial charge in [-0.1, -0.05) is 53.7 Å². The summed E-state index contributed by atoms with van der Waals surface area (Å²) in [6.45, 7) is 0.551. The van der Waals surface area contributed by atoms with Crippen LogP contribution in [0.5, 0.6) is 5.75 Å². The standard InChI is InChI=1S/C20H19ClN4O2S/c1-27-17-9-5-4-8-16(17)25-19(26)12-28-20-10-18(23-13-24-20)22-11-14-6-2-3-7-15(14)21/h2-10,13H,11-12H2,1H3,(H,25,26)(H,22,23,24). The highest BCUT2D eigenvalue weighted by Crippen LogP contribution is 2.24. The van der Waals surface area contributed by atoms with Crippen molar-refractivity contribution in [2.75, 3.05) is 23.5 Å². The summed E-state index contributed by atoms with van der Waals surface area (Å²) in [5.74, 6) is 1.37. The summed E-state index contributed by atoms with van der Waals surface area (Å²) in [5, 5.41) is 7.46. The average molecular weight is 415 g/mol. The van der Waals surface area contributed by atoms with Gasteiger partial charge in [0.15, 0.2) is 0 Å². The highest BCUT2D eigenvalue weighted by Gasteiger charge is 2.09. The second-order valence-corrected chi connectivity index (χ2v) is 7.13.